The zero-order valence-corrected chi connectivity index (χ0v) is 21.0. The molecular weight excluding hydrogens is 487 g/mol. The molecule has 1 unspecified atom stereocenters. The van der Waals surface area contributed by atoms with Crippen molar-refractivity contribution in [2.24, 2.45) is 0 Å². The van der Waals surface area contributed by atoms with Gasteiger partial charge in [-0.05, 0) is 65.1 Å². The molecule has 0 bridgehead atoms. The van der Waals surface area contributed by atoms with Crippen LogP contribution in [0.1, 0.15) is 48.1 Å². The Morgan fingerprint density at radius 1 is 1.06 bits per heavy atom. The Labute approximate surface area is 213 Å². The van der Waals surface area contributed by atoms with Crippen LogP contribution in [0.4, 0.5) is 0 Å². The summed E-state index contributed by atoms with van der Waals surface area (Å²) in [5.41, 5.74) is 2.63. The van der Waals surface area contributed by atoms with Crippen LogP contribution >= 0.6 is 23.2 Å². The highest BCUT2D eigenvalue weighted by atomic mass is 35.5. The number of Topliss-reactive ketones (excluding diaryl/α,β-unsaturated/α-hetero) is 1. The van der Waals surface area contributed by atoms with Crippen molar-refractivity contribution in [2.75, 3.05) is 7.11 Å². The number of pyridine rings is 1. The molecule has 2 heterocycles. The number of amides is 1. The molecule has 6 nitrogen and oxygen atoms in total. The number of aliphatic hydroxyl groups excluding tert-OH is 1. The summed E-state index contributed by atoms with van der Waals surface area (Å²) in [5.74, 6) is -0.957. The first-order chi connectivity index (χ1) is 16.7. The predicted octanol–water partition coefficient (Wildman–Crippen LogP) is 6.14. The van der Waals surface area contributed by atoms with Crippen molar-refractivity contribution in [3.8, 4) is 5.75 Å². The van der Waals surface area contributed by atoms with Gasteiger partial charge in [-0.15, -0.1) is 0 Å². The number of carbonyl (C=O) groups excluding carboxylic acids is 2. The van der Waals surface area contributed by atoms with Crippen molar-refractivity contribution < 1.29 is 19.4 Å². The van der Waals surface area contributed by atoms with Gasteiger partial charge in [0.1, 0.15) is 11.5 Å². The van der Waals surface area contributed by atoms with Crippen LogP contribution in [0.5, 0.6) is 5.75 Å². The van der Waals surface area contributed by atoms with Crippen molar-refractivity contribution >= 4 is 40.7 Å². The van der Waals surface area contributed by atoms with Crippen LogP contribution in [0, 0.1) is 0 Å². The maximum atomic E-state index is 13.3. The van der Waals surface area contributed by atoms with E-state index in [9.17, 15) is 14.7 Å². The van der Waals surface area contributed by atoms with E-state index in [2.05, 4.69) is 4.98 Å². The Morgan fingerprint density at radius 2 is 1.77 bits per heavy atom. The quantitative estimate of drug-likeness (QED) is 0.244. The number of rotatable bonds is 6. The number of aliphatic hydroxyl groups is 1. The summed E-state index contributed by atoms with van der Waals surface area (Å²) in [6.07, 6.45) is 3.23. The largest absolute Gasteiger partial charge is 0.507 e. The third kappa shape index (κ3) is 4.77. The van der Waals surface area contributed by atoms with E-state index in [-0.39, 0.29) is 28.8 Å². The molecule has 0 aliphatic carbocycles. The molecule has 1 aromatic heterocycles. The number of hydrogen-bond acceptors (Lipinski definition) is 5. The van der Waals surface area contributed by atoms with E-state index in [1.807, 2.05) is 13.8 Å². The van der Waals surface area contributed by atoms with E-state index >= 15 is 0 Å². The van der Waals surface area contributed by atoms with Crippen LogP contribution in [0.3, 0.4) is 0 Å². The number of hydrogen-bond donors (Lipinski definition) is 1. The minimum Gasteiger partial charge on any atom is -0.507 e. The molecule has 4 rings (SSSR count). The van der Waals surface area contributed by atoms with Gasteiger partial charge in [0.05, 0.1) is 28.8 Å². The molecule has 0 radical (unpaired) electrons. The van der Waals surface area contributed by atoms with Gasteiger partial charge in [-0.2, -0.15) is 0 Å². The van der Waals surface area contributed by atoms with Crippen molar-refractivity contribution in [3.63, 3.8) is 0 Å². The molecule has 1 atom stereocenters. The molecule has 1 aliphatic heterocycles. The van der Waals surface area contributed by atoms with Gasteiger partial charge in [-0.3, -0.25) is 14.6 Å². The molecule has 1 amide bonds. The lowest BCUT2D eigenvalue weighted by molar-refractivity contribution is -0.140. The number of likely N-dealkylation sites (tertiary alicyclic amines) is 1. The maximum absolute atomic E-state index is 13.3. The first-order valence-electron chi connectivity index (χ1n) is 11.0. The summed E-state index contributed by atoms with van der Waals surface area (Å²) in [6.45, 7) is 4.16. The molecule has 1 N–H and O–H groups in total. The second kappa shape index (κ2) is 10.1. The highest BCUT2D eigenvalue weighted by molar-refractivity contribution is 6.46. The first kappa shape index (κ1) is 24.8. The van der Waals surface area contributed by atoms with Gasteiger partial charge in [0.2, 0.25) is 0 Å². The number of halogens is 2. The zero-order chi connectivity index (χ0) is 25.3. The average Bonchev–Trinajstić information content (AvgIpc) is 3.10. The lowest BCUT2D eigenvalue weighted by Gasteiger charge is -2.26. The fraction of sp³-hybridized carbons (Fsp3) is 0.222. The SMILES string of the molecule is COc1ccc(/C(O)=C2/C(=O)C(=O)N(Cc3ccncc3)C2c2ccc(Cl)c(Cl)c2)cc1C(C)C. The number of benzene rings is 2. The Balaban J connectivity index is 1.90. The molecule has 0 spiro atoms. The molecule has 0 saturated carbocycles. The topological polar surface area (TPSA) is 79.7 Å². The molecule has 1 fully saturated rings. The lowest BCUT2D eigenvalue weighted by Crippen LogP contribution is -2.29. The fourth-order valence-corrected chi connectivity index (χ4v) is 4.55. The molecule has 1 aliphatic rings. The normalized spacial score (nSPS) is 17.3. The highest BCUT2D eigenvalue weighted by Gasteiger charge is 2.46. The third-order valence-corrected chi connectivity index (χ3v) is 6.77. The molecular formula is C27H24Cl2N2O4. The van der Waals surface area contributed by atoms with Gasteiger partial charge >= 0.3 is 0 Å². The zero-order valence-electron chi connectivity index (χ0n) is 19.5. The number of ketones is 1. The molecule has 180 valence electrons. The highest BCUT2D eigenvalue weighted by Crippen LogP contribution is 2.42. The van der Waals surface area contributed by atoms with Crippen molar-refractivity contribution in [1.82, 2.24) is 9.88 Å². The smallest absolute Gasteiger partial charge is 0.295 e. The fourth-order valence-electron chi connectivity index (χ4n) is 4.25. The van der Waals surface area contributed by atoms with Crippen molar-refractivity contribution in [3.05, 3.63) is 98.8 Å². The van der Waals surface area contributed by atoms with Crippen LogP contribution in [0.15, 0.2) is 66.5 Å². The molecule has 35 heavy (non-hydrogen) atoms. The van der Waals surface area contributed by atoms with E-state index in [0.29, 0.717) is 21.9 Å². The monoisotopic (exact) mass is 510 g/mol. The number of methoxy groups -OCH3 is 1. The maximum Gasteiger partial charge on any atom is 0.295 e. The van der Waals surface area contributed by atoms with Crippen molar-refractivity contribution in [1.29, 1.82) is 0 Å². The Bertz CT molecular complexity index is 1320. The van der Waals surface area contributed by atoms with Gasteiger partial charge in [-0.25, -0.2) is 0 Å². The molecule has 3 aromatic rings. The van der Waals surface area contributed by atoms with Crippen LogP contribution in [0.25, 0.3) is 5.76 Å². The summed E-state index contributed by atoms with van der Waals surface area (Å²) < 4.78 is 5.44. The van der Waals surface area contributed by atoms with E-state index in [4.69, 9.17) is 27.9 Å². The van der Waals surface area contributed by atoms with E-state index in [1.54, 1.807) is 68.0 Å². The van der Waals surface area contributed by atoms with E-state index < -0.39 is 17.7 Å². The van der Waals surface area contributed by atoms with E-state index in [1.165, 1.54) is 4.90 Å². The van der Waals surface area contributed by atoms with Gasteiger partial charge in [0, 0.05) is 24.5 Å². The number of carbonyl (C=O) groups is 2. The number of ether oxygens (including phenoxy) is 1. The lowest BCUT2D eigenvalue weighted by atomic mass is 9.93. The van der Waals surface area contributed by atoms with Gasteiger partial charge in [-0.1, -0.05) is 43.1 Å². The number of aromatic nitrogens is 1. The van der Waals surface area contributed by atoms with Crippen LogP contribution < -0.4 is 4.74 Å². The standard InChI is InChI=1S/C27H24Cl2N2O4/c1-15(2)19-12-18(5-7-22(19)35-3)25(32)23-24(17-4-6-20(28)21(29)13-17)31(27(34)26(23)33)14-16-8-10-30-11-9-16/h4-13,15,24,32H,14H2,1-3H3/b25-23-. The predicted molar refractivity (Wildman–Crippen MR) is 136 cm³/mol. The minimum absolute atomic E-state index is 0.0117. The summed E-state index contributed by atoms with van der Waals surface area (Å²) in [4.78, 5) is 31.9. The second-order valence-electron chi connectivity index (χ2n) is 8.57. The minimum atomic E-state index is -0.859. The van der Waals surface area contributed by atoms with Crippen LogP contribution in [0.2, 0.25) is 10.0 Å². The molecule has 2 aromatic carbocycles. The van der Waals surface area contributed by atoms with Crippen molar-refractivity contribution in [2.45, 2.75) is 32.4 Å². The molecule has 1 saturated heterocycles. The first-order valence-corrected chi connectivity index (χ1v) is 11.8. The summed E-state index contributed by atoms with van der Waals surface area (Å²) >= 11 is 12.4. The second-order valence-corrected chi connectivity index (χ2v) is 9.38. The van der Waals surface area contributed by atoms with Gasteiger partial charge < -0.3 is 14.7 Å². The Morgan fingerprint density at radius 3 is 2.40 bits per heavy atom. The Kier molecular flexibility index (Phi) is 7.15. The third-order valence-electron chi connectivity index (χ3n) is 6.03. The van der Waals surface area contributed by atoms with Gasteiger partial charge in [0.25, 0.3) is 11.7 Å². The summed E-state index contributed by atoms with van der Waals surface area (Å²) in [7, 11) is 1.58. The number of nitrogens with zero attached hydrogens (tertiary/aromatic N) is 2. The Hall–Kier alpha value is -3.35. The van der Waals surface area contributed by atoms with E-state index in [0.717, 1.165) is 11.1 Å². The summed E-state index contributed by atoms with van der Waals surface area (Å²) in [5, 5.41) is 12.0. The van der Waals surface area contributed by atoms with Crippen LogP contribution in [-0.4, -0.2) is 33.8 Å². The molecule has 8 heteroatoms. The van der Waals surface area contributed by atoms with Crippen LogP contribution in [-0.2, 0) is 16.1 Å². The summed E-state index contributed by atoms with van der Waals surface area (Å²) in [6, 6.07) is 12.8. The van der Waals surface area contributed by atoms with Gasteiger partial charge in [0.15, 0.2) is 0 Å². The average molecular weight is 511 g/mol.